The molecule has 0 radical (unpaired) electrons. The molecule has 1 unspecified atom stereocenters. The van der Waals surface area contributed by atoms with Gasteiger partial charge in [-0.15, -0.1) is 0 Å². The lowest BCUT2D eigenvalue weighted by Crippen LogP contribution is -2.11. The Balaban J connectivity index is 2.15. The molecule has 82 valence electrons. The number of aryl methyl sites for hydroxylation is 1. The number of alkyl halides is 1. The van der Waals surface area contributed by atoms with Gasteiger partial charge < -0.3 is 5.11 Å². The van der Waals surface area contributed by atoms with E-state index in [9.17, 15) is 4.79 Å². The van der Waals surface area contributed by atoms with Crippen LogP contribution in [0.4, 0.5) is 0 Å². The minimum Gasteiger partial charge on any atom is -0.480 e. The van der Waals surface area contributed by atoms with Gasteiger partial charge in [-0.25, -0.2) is 0 Å². The van der Waals surface area contributed by atoms with E-state index in [1.165, 1.54) is 5.56 Å². The van der Waals surface area contributed by atoms with Crippen LogP contribution in [0.2, 0.25) is 0 Å². The Labute approximate surface area is 104 Å². The first kappa shape index (κ1) is 12.5. The molecule has 0 aliphatic rings. The Morgan fingerprint density at radius 1 is 1.27 bits per heavy atom. The molecule has 0 saturated heterocycles. The monoisotopic (exact) mass is 318 g/mol. The van der Waals surface area contributed by atoms with Gasteiger partial charge >= 0.3 is 5.97 Å². The van der Waals surface area contributed by atoms with E-state index in [0.717, 1.165) is 25.7 Å². The zero-order valence-corrected chi connectivity index (χ0v) is 10.7. The molecule has 1 N–H and O–H groups in total. The molecule has 0 heterocycles. The average Bonchev–Trinajstić information content (AvgIpc) is 2.25. The summed E-state index contributed by atoms with van der Waals surface area (Å²) in [6.07, 6.45) is 3.86. The van der Waals surface area contributed by atoms with Crippen LogP contribution in [-0.4, -0.2) is 15.0 Å². The fourth-order valence-corrected chi connectivity index (χ4v) is 1.86. The van der Waals surface area contributed by atoms with E-state index in [1.54, 1.807) is 0 Å². The van der Waals surface area contributed by atoms with E-state index >= 15 is 0 Å². The van der Waals surface area contributed by atoms with Crippen LogP contribution in [0.5, 0.6) is 0 Å². The van der Waals surface area contributed by atoms with E-state index in [4.69, 9.17) is 5.11 Å². The van der Waals surface area contributed by atoms with Crippen molar-refractivity contribution in [3.05, 3.63) is 35.9 Å². The van der Waals surface area contributed by atoms with Crippen molar-refractivity contribution in [2.75, 3.05) is 0 Å². The molecular formula is C12H15IO2. The number of carboxylic acids is 1. The highest BCUT2D eigenvalue weighted by Crippen LogP contribution is 2.12. The molecule has 0 fully saturated rings. The van der Waals surface area contributed by atoms with Gasteiger partial charge in [0, 0.05) is 0 Å². The van der Waals surface area contributed by atoms with Crippen molar-refractivity contribution in [3.8, 4) is 0 Å². The summed E-state index contributed by atoms with van der Waals surface area (Å²) in [5.41, 5.74) is 1.33. The predicted octanol–water partition coefficient (Wildman–Crippen LogP) is 3.29. The highest BCUT2D eigenvalue weighted by atomic mass is 127. The first-order valence-electron chi connectivity index (χ1n) is 5.11. The minimum absolute atomic E-state index is 0.238. The van der Waals surface area contributed by atoms with Gasteiger partial charge in [0.1, 0.15) is 3.92 Å². The maximum atomic E-state index is 10.6. The Morgan fingerprint density at radius 3 is 2.53 bits per heavy atom. The van der Waals surface area contributed by atoms with Crippen molar-refractivity contribution in [2.24, 2.45) is 0 Å². The number of aliphatic carboxylic acids is 1. The molecule has 0 aliphatic heterocycles. The number of benzene rings is 1. The predicted molar refractivity (Wildman–Crippen MR) is 69.4 cm³/mol. The van der Waals surface area contributed by atoms with E-state index in [-0.39, 0.29) is 3.92 Å². The number of carboxylic acid groups (broad SMARTS) is 1. The Kier molecular flexibility index (Phi) is 5.68. The summed E-state index contributed by atoms with van der Waals surface area (Å²) in [5.74, 6) is -0.699. The molecule has 0 bridgehead atoms. The molecule has 0 aliphatic carbocycles. The summed E-state index contributed by atoms with van der Waals surface area (Å²) in [7, 11) is 0. The summed E-state index contributed by atoms with van der Waals surface area (Å²) >= 11 is 1.99. The molecule has 1 rings (SSSR count). The van der Waals surface area contributed by atoms with Gasteiger partial charge in [0.05, 0.1) is 0 Å². The highest BCUT2D eigenvalue weighted by Gasteiger charge is 2.11. The van der Waals surface area contributed by atoms with Crippen molar-refractivity contribution >= 4 is 28.6 Å². The van der Waals surface area contributed by atoms with E-state index in [2.05, 4.69) is 12.1 Å². The van der Waals surface area contributed by atoms with E-state index in [1.807, 2.05) is 40.8 Å². The molecule has 1 aromatic rings. The molecule has 0 amide bonds. The summed E-state index contributed by atoms with van der Waals surface area (Å²) in [6.45, 7) is 0. The molecule has 0 aromatic heterocycles. The van der Waals surface area contributed by atoms with Crippen molar-refractivity contribution in [1.29, 1.82) is 0 Å². The number of halogens is 1. The van der Waals surface area contributed by atoms with Gasteiger partial charge in [-0.2, -0.15) is 0 Å². The number of unbranched alkanes of at least 4 members (excludes halogenated alkanes) is 1. The topological polar surface area (TPSA) is 37.3 Å². The molecular weight excluding hydrogens is 303 g/mol. The second-order valence-corrected chi connectivity index (χ2v) is 5.04. The smallest absolute Gasteiger partial charge is 0.316 e. The number of carbonyl (C=O) groups is 1. The zero-order chi connectivity index (χ0) is 11.1. The zero-order valence-electron chi connectivity index (χ0n) is 8.53. The van der Waals surface area contributed by atoms with Gasteiger partial charge in [-0.1, -0.05) is 59.3 Å². The quantitative estimate of drug-likeness (QED) is 0.496. The lowest BCUT2D eigenvalue weighted by Gasteiger charge is -2.04. The minimum atomic E-state index is -0.699. The third-order valence-corrected chi connectivity index (χ3v) is 3.44. The van der Waals surface area contributed by atoms with Crippen molar-refractivity contribution in [1.82, 2.24) is 0 Å². The van der Waals surface area contributed by atoms with Crippen molar-refractivity contribution < 1.29 is 9.90 Å². The van der Waals surface area contributed by atoms with Crippen LogP contribution < -0.4 is 0 Å². The fraction of sp³-hybridized carbons (Fsp3) is 0.417. The summed E-state index contributed by atoms with van der Waals surface area (Å²) in [4.78, 5) is 10.6. The molecule has 2 nitrogen and oxygen atoms in total. The molecule has 0 spiro atoms. The second-order valence-electron chi connectivity index (χ2n) is 3.54. The summed E-state index contributed by atoms with van der Waals surface area (Å²) < 4.78 is -0.238. The van der Waals surface area contributed by atoms with Crippen LogP contribution in [-0.2, 0) is 11.2 Å². The van der Waals surface area contributed by atoms with Crippen LogP contribution in [0.1, 0.15) is 24.8 Å². The fourth-order valence-electron chi connectivity index (χ4n) is 1.42. The Morgan fingerprint density at radius 2 is 1.93 bits per heavy atom. The third-order valence-electron chi connectivity index (χ3n) is 2.28. The lowest BCUT2D eigenvalue weighted by atomic mass is 10.1. The van der Waals surface area contributed by atoms with Crippen molar-refractivity contribution in [2.45, 2.75) is 29.6 Å². The standard InChI is InChI=1S/C12H15IO2/c13-11(12(14)15)9-5-4-8-10-6-2-1-3-7-10/h1-3,6-7,11H,4-5,8-9H2,(H,14,15). The normalized spacial score (nSPS) is 12.3. The Bertz CT molecular complexity index is 298. The van der Waals surface area contributed by atoms with Gasteiger partial charge in [0.25, 0.3) is 0 Å². The van der Waals surface area contributed by atoms with Gasteiger partial charge in [-0.3, -0.25) is 4.79 Å². The molecule has 3 heteroatoms. The van der Waals surface area contributed by atoms with Crippen LogP contribution in [0.15, 0.2) is 30.3 Å². The molecule has 0 saturated carbocycles. The number of hydrogen-bond acceptors (Lipinski definition) is 1. The van der Waals surface area contributed by atoms with Gasteiger partial charge in [0.15, 0.2) is 0 Å². The number of rotatable bonds is 6. The summed E-state index contributed by atoms with van der Waals surface area (Å²) in [6, 6.07) is 10.3. The van der Waals surface area contributed by atoms with Gasteiger partial charge in [-0.05, 0) is 24.8 Å². The highest BCUT2D eigenvalue weighted by molar-refractivity contribution is 14.1. The summed E-state index contributed by atoms with van der Waals surface area (Å²) in [5, 5.41) is 8.69. The SMILES string of the molecule is O=C(O)C(I)CCCCc1ccccc1. The molecule has 1 aromatic carbocycles. The van der Waals surface area contributed by atoms with Gasteiger partial charge in [0.2, 0.25) is 0 Å². The largest absolute Gasteiger partial charge is 0.480 e. The number of hydrogen-bond donors (Lipinski definition) is 1. The lowest BCUT2D eigenvalue weighted by molar-refractivity contribution is -0.136. The maximum absolute atomic E-state index is 10.6. The Hall–Kier alpha value is -0.580. The van der Waals surface area contributed by atoms with Crippen LogP contribution in [0, 0.1) is 0 Å². The second kappa shape index (κ2) is 6.82. The van der Waals surface area contributed by atoms with Crippen LogP contribution in [0.3, 0.4) is 0 Å². The molecule has 15 heavy (non-hydrogen) atoms. The van der Waals surface area contributed by atoms with Crippen LogP contribution in [0.25, 0.3) is 0 Å². The van der Waals surface area contributed by atoms with E-state index in [0.29, 0.717) is 0 Å². The first-order valence-corrected chi connectivity index (χ1v) is 6.35. The third kappa shape index (κ3) is 5.16. The first-order chi connectivity index (χ1) is 7.20. The van der Waals surface area contributed by atoms with E-state index < -0.39 is 5.97 Å². The molecule has 1 atom stereocenters. The maximum Gasteiger partial charge on any atom is 0.316 e. The van der Waals surface area contributed by atoms with Crippen molar-refractivity contribution in [3.63, 3.8) is 0 Å². The average molecular weight is 318 g/mol. The van der Waals surface area contributed by atoms with Crippen LogP contribution >= 0.6 is 22.6 Å².